The van der Waals surface area contributed by atoms with E-state index >= 15 is 0 Å². The Morgan fingerprint density at radius 3 is 2.34 bits per heavy atom. The molecule has 0 saturated carbocycles. The van der Waals surface area contributed by atoms with Crippen LogP contribution in [-0.2, 0) is 6.42 Å². The number of rotatable bonds is 6. The molecule has 2 aromatic carbocycles. The molecule has 180 valence electrons. The van der Waals surface area contributed by atoms with Gasteiger partial charge in [-0.15, -0.1) is 0 Å². The number of amides is 1. The molecule has 0 atom stereocenters. The molecule has 1 saturated heterocycles. The fourth-order valence-electron chi connectivity index (χ4n) is 4.43. The molecule has 0 aliphatic carbocycles. The molecule has 2 aromatic heterocycles. The lowest BCUT2D eigenvalue weighted by Gasteiger charge is -2.35. The summed E-state index contributed by atoms with van der Waals surface area (Å²) in [6.07, 6.45) is 2.64. The Morgan fingerprint density at radius 2 is 1.69 bits per heavy atom. The fraction of sp³-hybridized carbons (Fsp3) is 0.333. The van der Waals surface area contributed by atoms with Gasteiger partial charge in [0.2, 0.25) is 0 Å². The highest BCUT2D eigenvalue weighted by Crippen LogP contribution is 2.27. The third-order valence-corrected chi connectivity index (χ3v) is 6.25. The zero-order chi connectivity index (χ0) is 24.4. The van der Waals surface area contributed by atoms with Crippen LogP contribution in [0.4, 0.5) is 5.82 Å². The van der Waals surface area contributed by atoms with Gasteiger partial charge in [0.1, 0.15) is 17.4 Å². The lowest BCUT2D eigenvalue weighted by Crippen LogP contribution is -2.49. The first-order chi connectivity index (χ1) is 17.0. The Morgan fingerprint density at radius 1 is 0.971 bits per heavy atom. The molecule has 1 amide bonds. The summed E-state index contributed by atoms with van der Waals surface area (Å²) in [7, 11) is 1.62. The number of methoxy groups -OCH3 is 1. The normalized spacial score (nSPS) is 14.1. The molecule has 4 aromatic rings. The van der Waals surface area contributed by atoms with Crippen LogP contribution in [0.3, 0.4) is 0 Å². The maximum atomic E-state index is 13.0. The Bertz CT molecular complexity index is 1310. The van der Waals surface area contributed by atoms with Crippen LogP contribution in [0, 0.1) is 5.92 Å². The van der Waals surface area contributed by atoms with Gasteiger partial charge in [-0.2, -0.15) is 5.10 Å². The number of piperazine rings is 1. The van der Waals surface area contributed by atoms with Crippen LogP contribution in [0.15, 0.2) is 60.8 Å². The highest BCUT2D eigenvalue weighted by molar-refractivity contribution is 5.94. The van der Waals surface area contributed by atoms with E-state index < -0.39 is 0 Å². The summed E-state index contributed by atoms with van der Waals surface area (Å²) in [4.78, 5) is 27.0. The van der Waals surface area contributed by atoms with Crippen molar-refractivity contribution in [2.45, 2.75) is 20.3 Å². The van der Waals surface area contributed by atoms with Gasteiger partial charge in [-0.3, -0.25) is 4.79 Å². The minimum absolute atomic E-state index is 0.0394. The van der Waals surface area contributed by atoms with Gasteiger partial charge in [0, 0.05) is 38.2 Å². The van der Waals surface area contributed by atoms with Crippen LogP contribution >= 0.6 is 0 Å². The maximum Gasteiger partial charge on any atom is 0.253 e. The van der Waals surface area contributed by atoms with Crippen LogP contribution in [-0.4, -0.2) is 63.8 Å². The van der Waals surface area contributed by atoms with Crippen molar-refractivity contribution in [2.75, 3.05) is 38.2 Å². The van der Waals surface area contributed by atoms with Crippen molar-refractivity contribution >= 4 is 22.8 Å². The largest absolute Gasteiger partial charge is 0.497 e. The number of hydrogen-bond donors (Lipinski definition) is 0. The minimum Gasteiger partial charge on any atom is -0.497 e. The highest BCUT2D eigenvalue weighted by atomic mass is 16.5. The average molecular weight is 471 g/mol. The van der Waals surface area contributed by atoms with E-state index in [2.05, 4.69) is 23.8 Å². The molecule has 3 heterocycles. The van der Waals surface area contributed by atoms with Crippen LogP contribution in [0.25, 0.3) is 16.7 Å². The van der Waals surface area contributed by atoms with E-state index in [1.54, 1.807) is 7.11 Å². The molecular weight excluding hydrogens is 440 g/mol. The Kier molecular flexibility index (Phi) is 6.35. The monoisotopic (exact) mass is 470 g/mol. The summed E-state index contributed by atoms with van der Waals surface area (Å²) >= 11 is 0. The number of fused-ring (bicyclic) bond motifs is 1. The molecule has 1 aliphatic rings. The Hall–Kier alpha value is -3.94. The van der Waals surface area contributed by atoms with Gasteiger partial charge in [0.25, 0.3) is 5.91 Å². The fourth-order valence-corrected chi connectivity index (χ4v) is 4.43. The van der Waals surface area contributed by atoms with E-state index in [-0.39, 0.29) is 5.91 Å². The second-order valence-electron chi connectivity index (χ2n) is 9.20. The Balaban J connectivity index is 1.41. The summed E-state index contributed by atoms with van der Waals surface area (Å²) in [5, 5.41) is 5.58. The van der Waals surface area contributed by atoms with Crippen LogP contribution in [0.5, 0.6) is 5.75 Å². The van der Waals surface area contributed by atoms with E-state index in [0.29, 0.717) is 37.7 Å². The minimum atomic E-state index is 0.0394. The van der Waals surface area contributed by atoms with Gasteiger partial charge in [0.15, 0.2) is 5.65 Å². The lowest BCUT2D eigenvalue weighted by atomic mass is 10.1. The number of nitrogens with zero attached hydrogens (tertiary/aromatic N) is 6. The van der Waals surface area contributed by atoms with E-state index in [0.717, 1.165) is 40.5 Å². The number of anilines is 1. The van der Waals surface area contributed by atoms with Gasteiger partial charge in [-0.25, -0.2) is 14.6 Å². The smallest absolute Gasteiger partial charge is 0.253 e. The first kappa shape index (κ1) is 22.8. The molecule has 1 aliphatic heterocycles. The number of para-hydroxylation sites is 1. The molecule has 0 spiro atoms. The summed E-state index contributed by atoms with van der Waals surface area (Å²) < 4.78 is 7.09. The zero-order valence-electron chi connectivity index (χ0n) is 20.4. The molecule has 35 heavy (non-hydrogen) atoms. The molecule has 0 unspecified atom stereocenters. The number of hydrogen-bond acceptors (Lipinski definition) is 6. The molecule has 0 radical (unpaired) electrons. The number of ether oxygens (including phenoxy) is 1. The molecule has 5 rings (SSSR count). The summed E-state index contributed by atoms with van der Waals surface area (Å²) in [6, 6.07) is 17.3. The van der Waals surface area contributed by atoms with Crippen molar-refractivity contribution in [1.29, 1.82) is 0 Å². The predicted octanol–water partition coefficient (Wildman–Crippen LogP) is 3.99. The maximum absolute atomic E-state index is 13.0. The molecule has 8 heteroatoms. The quantitative estimate of drug-likeness (QED) is 0.424. The van der Waals surface area contributed by atoms with Crippen molar-refractivity contribution < 1.29 is 9.53 Å². The highest BCUT2D eigenvalue weighted by Gasteiger charge is 2.26. The van der Waals surface area contributed by atoms with Crippen molar-refractivity contribution in [3.05, 3.63) is 72.2 Å². The number of benzene rings is 2. The van der Waals surface area contributed by atoms with Crippen molar-refractivity contribution in [1.82, 2.24) is 24.6 Å². The summed E-state index contributed by atoms with van der Waals surface area (Å²) in [5.74, 6) is 2.93. The van der Waals surface area contributed by atoms with E-state index in [4.69, 9.17) is 14.7 Å². The Labute approximate surface area is 205 Å². The molecule has 0 bridgehead atoms. The summed E-state index contributed by atoms with van der Waals surface area (Å²) in [5.41, 5.74) is 2.46. The molecule has 1 fully saturated rings. The second kappa shape index (κ2) is 9.74. The average Bonchev–Trinajstić information content (AvgIpc) is 3.32. The van der Waals surface area contributed by atoms with Crippen molar-refractivity contribution in [3.63, 3.8) is 0 Å². The van der Waals surface area contributed by atoms with Gasteiger partial charge in [0.05, 0.1) is 24.4 Å². The van der Waals surface area contributed by atoms with Crippen molar-refractivity contribution in [2.24, 2.45) is 5.92 Å². The predicted molar refractivity (Wildman–Crippen MR) is 136 cm³/mol. The van der Waals surface area contributed by atoms with Crippen molar-refractivity contribution in [3.8, 4) is 11.4 Å². The molecule has 8 nitrogen and oxygen atoms in total. The number of aromatic nitrogens is 4. The lowest BCUT2D eigenvalue weighted by molar-refractivity contribution is 0.0746. The molecule has 0 N–H and O–H groups in total. The third kappa shape index (κ3) is 4.69. The first-order valence-electron chi connectivity index (χ1n) is 12.0. The standard InChI is InChI=1S/C27H30N6O2/c1-19(2)17-24-29-25(23-18-28-33(26(23)30-24)21-7-5-4-6-8-21)31-13-15-32(16-14-31)27(34)20-9-11-22(35-3)12-10-20/h4-12,18-19H,13-17H2,1-3H3. The zero-order valence-corrected chi connectivity index (χ0v) is 20.4. The van der Waals surface area contributed by atoms with E-state index in [1.165, 1.54) is 0 Å². The number of carbonyl (C=O) groups excluding carboxylic acids is 1. The first-order valence-corrected chi connectivity index (χ1v) is 12.0. The van der Waals surface area contributed by atoms with Crippen LogP contribution in [0.2, 0.25) is 0 Å². The topological polar surface area (TPSA) is 76.4 Å². The van der Waals surface area contributed by atoms with Gasteiger partial charge in [-0.05, 0) is 42.3 Å². The number of carbonyl (C=O) groups is 1. The SMILES string of the molecule is COc1ccc(C(=O)N2CCN(c3nc(CC(C)C)nc4c3cnn4-c3ccccc3)CC2)cc1. The van der Waals surface area contributed by atoms with E-state index in [9.17, 15) is 4.79 Å². The second-order valence-corrected chi connectivity index (χ2v) is 9.20. The van der Waals surface area contributed by atoms with Gasteiger partial charge in [-0.1, -0.05) is 32.0 Å². The van der Waals surface area contributed by atoms with Gasteiger partial charge >= 0.3 is 0 Å². The molecular formula is C27H30N6O2. The third-order valence-electron chi connectivity index (χ3n) is 6.25. The van der Waals surface area contributed by atoms with Crippen LogP contribution in [0.1, 0.15) is 30.0 Å². The summed E-state index contributed by atoms with van der Waals surface area (Å²) in [6.45, 7) is 7.00. The van der Waals surface area contributed by atoms with Gasteiger partial charge < -0.3 is 14.5 Å². The van der Waals surface area contributed by atoms with E-state index in [1.807, 2.05) is 70.4 Å². The van der Waals surface area contributed by atoms with Crippen LogP contribution < -0.4 is 9.64 Å².